The summed E-state index contributed by atoms with van der Waals surface area (Å²) >= 11 is 0. The molecule has 1 saturated heterocycles. The lowest BCUT2D eigenvalue weighted by atomic mass is 9.99. The third-order valence-corrected chi connectivity index (χ3v) is 6.69. The summed E-state index contributed by atoms with van der Waals surface area (Å²) in [5, 5.41) is 14.8. The highest BCUT2D eigenvalue weighted by Gasteiger charge is 2.65. The van der Waals surface area contributed by atoms with Gasteiger partial charge >= 0.3 is 29.6 Å². The van der Waals surface area contributed by atoms with Crippen LogP contribution in [0.15, 0.2) is 94.7 Å². The van der Waals surface area contributed by atoms with Crippen molar-refractivity contribution in [2.75, 3.05) is 6.61 Å². The number of nitrogens with one attached hydrogen (secondary N) is 1. The van der Waals surface area contributed by atoms with Crippen LogP contribution in [0.2, 0.25) is 0 Å². The number of carbonyl (C=O) groups is 6. The number of carbonyl (C=O) groups excluding carboxylic acids is 6. The Morgan fingerprint density at radius 3 is 2.42 bits per heavy atom. The number of alkyl halides is 1. The molecule has 1 aliphatic rings. The molecule has 2 atom stereocenters. The van der Waals surface area contributed by atoms with E-state index in [1.807, 2.05) is 5.32 Å². The SMILES string of the molecule is CCOC(=O)C1(F)C(=O)N(C(=O)c2cccc(C(=O)Oc3nc(OC(=O)c4ccccc4)ccc3C#N)c2)C(=O)NC1ON=Cc1ccco1. The lowest BCUT2D eigenvalue weighted by Gasteiger charge is -2.37. The number of ether oxygens (including phenoxy) is 3. The van der Waals surface area contributed by atoms with Crippen LogP contribution in [0.5, 0.6) is 11.8 Å². The van der Waals surface area contributed by atoms with Crippen molar-refractivity contribution in [3.05, 3.63) is 113 Å². The number of hydrogen-bond donors (Lipinski definition) is 1. The van der Waals surface area contributed by atoms with Gasteiger partial charge in [-0.25, -0.2) is 23.6 Å². The van der Waals surface area contributed by atoms with Crippen molar-refractivity contribution in [2.45, 2.75) is 18.8 Å². The summed E-state index contributed by atoms with van der Waals surface area (Å²) in [4.78, 5) is 86.6. The summed E-state index contributed by atoms with van der Waals surface area (Å²) in [6.07, 6.45) is -0.0940. The van der Waals surface area contributed by atoms with Crippen molar-refractivity contribution >= 4 is 42.0 Å². The molecule has 0 radical (unpaired) electrons. The highest BCUT2D eigenvalue weighted by atomic mass is 19.1. The number of nitrogens with zero attached hydrogens (tertiary/aromatic N) is 4. The third-order valence-electron chi connectivity index (χ3n) is 6.69. The number of imide groups is 3. The maximum atomic E-state index is 16.3. The number of furan rings is 1. The Morgan fingerprint density at radius 1 is 1.00 bits per heavy atom. The summed E-state index contributed by atoms with van der Waals surface area (Å²) < 4.78 is 36.5. The van der Waals surface area contributed by atoms with Gasteiger partial charge in [0.15, 0.2) is 0 Å². The fraction of sp³-hybridized carbons (Fsp3) is 0.121. The first-order valence-electron chi connectivity index (χ1n) is 14.4. The van der Waals surface area contributed by atoms with Crippen LogP contribution in [0.4, 0.5) is 9.18 Å². The quantitative estimate of drug-likeness (QED) is 0.0835. The minimum Gasteiger partial charge on any atom is -0.463 e. The van der Waals surface area contributed by atoms with Gasteiger partial charge in [-0.1, -0.05) is 29.4 Å². The van der Waals surface area contributed by atoms with Crippen molar-refractivity contribution in [1.82, 2.24) is 15.2 Å². The molecule has 2 unspecified atom stereocenters. The third kappa shape index (κ3) is 7.03. The Morgan fingerprint density at radius 2 is 1.72 bits per heavy atom. The Bertz CT molecular complexity index is 2050. The number of urea groups is 1. The minimum atomic E-state index is -3.79. The van der Waals surface area contributed by atoms with Gasteiger partial charge in [0, 0.05) is 11.6 Å². The fourth-order valence-corrected chi connectivity index (χ4v) is 4.29. The normalized spacial score (nSPS) is 17.0. The molecule has 16 nitrogen and oxygen atoms in total. The Hall–Kier alpha value is -7.22. The van der Waals surface area contributed by atoms with Gasteiger partial charge in [-0.05, 0) is 55.5 Å². The van der Waals surface area contributed by atoms with Crippen LogP contribution in [0.3, 0.4) is 0 Å². The van der Waals surface area contributed by atoms with Crippen molar-refractivity contribution < 1.29 is 56.6 Å². The molecule has 17 heteroatoms. The first kappa shape index (κ1) is 34.1. The fourth-order valence-electron chi connectivity index (χ4n) is 4.29. The highest BCUT2D eigenvalue weighted by Crippen LogP contribution is 2.29. The van der Waals surface area contributed by atoms with E-state index in [-0.39, 0.29) is 39.8 Å². The van der Waals surface area contributed by atoms with Gasteiger partial charge in [0.25, 0.3) is 18.0 Å². The molecule has 2 aromatic carbocycles. The van der Waals surface area contributed by atoms with Gasteiger partial charge in [0.1, 0.15) is 23.6 Å². The number of halogens is 1. The van der Waals surface area contributed by atoms with Gasteiger partial charge in [-0.2, -0.15) is 15.1 Å². The van der Waals surface area contributed by atoms with E-state index in [4.69, 9.17) is 23.5 Å². The first-order valence-corrected chi connectivity index (χ1v) is 14.4. The molecule has 252 valence electrons. The van der Waals surface area contributed by atoms with Crippen LogP contribution < -0.4 is 14.8 Å². The minimum absolute atomic E-state index is 0.146. The number of pyridine rings is 1. The van der Waals surface area contributed by atoms with E-state index in [0.29, 0.717) is 0 Å². The van der Waals surface area contributed by atoms with Crippen LogP contribution >= 0.6 is 0 Å². The Labute approximate surface area is 280 Å². The largest absolute Gasteiger partial charge is 0.463 e. The van der Waals surface area contributed by atoms with Gasteiger partial charge in [0.05, 0.1) is 24.0 Å². The van der Waals surface area contributed by atoms with Crippen molar-refractivity contribution in [3.8, 4) is 17.8 Å². The molecule has 3 heterocycles. The van der Waals surface area contributed by atoms with E-state index in [1.165, 1.54) is 61.7 Å². The lowest BCUT2D eigenvalue weighted by Crippen LogP contribution is -2.72. The maximum Gasteiger partial charge on any atom is 0.360 e. The van der Waals surface area contributed by atoms with Crippen LogP contribution in [-0.4, -0.2) is 70.4 Å². The second-order valence-electron chi connectivity index (χ2n) is 9.90. The number of benzene rings is 2. The summed E-state index contributed by atoms with van der Waals surface area (Å²) in [6, 6.07) is 17.9. The van der Waals surface area contributed by atoms with Gasteiger partial charge in [0.2, 0.25) is 11.8 Å². The zero-order valence-corrected chi connectivity index (χ0v) is 25.6. The number of rotatable bonds is 10. The monoisotopic (exact) mass is 683 g/mol. The van der Waals surface area contributed by atoms with Gasteiger partial charge < -0.3 is 23.5 Å². The highest BCUT2D eigenvalue weighted by molar-refractivity contribution is 6.24. The number of hydrogen-bond acceptors (Lipinski definition) is 14. The van der Waals surface area contributed by atoms with E-state index >= 15 is 4.39 Å². The summed E-state index contributed by atoms with van der Waals surface area (Å²) in [5.74, 6) is -7.83. The van der Waals surface area contributed by atoms with Crippen molar-refractivity contribution in [2.24, 2.45) is 5.16 Å². The molecule has 1 aliphatic heterocycles. The summed E-state index contributed by atoms with van der Waals surface area (Å²) in [5.41, 5.74) is -4.64. The molecule has 0 bridgehead atoms. The van der Waals surface area contributed by atoms with Crippen molar-refractivity contribution in [1.29, 1.82) is 5.26 Å². The van der Waals surface area contributed by atoms with Crippen LogP contribution in [0, 0.1) is 11.3 Å². The van der Waals surface area contributed by atoms with E-state index in [2.05, 4.69) is 10.1 Å². The van der Waals surface area contributed by atoms with E-state index in [9.17, 15) is 34.0 Å². The predicted molar refractivity (Wildman–Crippen MR) is 163 cm³/mol. The van der Waals surface area contributed by atoms with Crippen LogP contribution in [-0.2, 0) is 19.2 Å². The molecular weight excluding hydrogens is 661 g/mol. The molecule has 2 aromatic heterocycles. The molecule has 0 saturated carbocycles. The van der Waals surface area contributed by atoms with Crippen LogP contribution in [0.25, 0.3) is 0 Å². The second-order valence-corrected chi connectivity index (χ2v) is 9.90. The Kier molecular flexibility index (Phi) is 10.0. The second kappa shape index (κ2) is 14.7. The average molecular weight is 684 g/mol. The number of amides is 4. The molecular formula is C33H22FN5O11. The van der Waals surface area contributed by atoms with Crippen LogP contribution in [0.1, 0.15) is 49.3 Å². The molecule has 4 amide bonds. The van der Waals surface area contributed by atoms with E-state index in [0.717, 1.165) is 18.3 Å². The molecule has 0 aliphatic carbocycles. The smallest absolute Gasteiger partial charge is 0.360 e. The van der Waals surface area contributed by atoms with Crippen molar-refractivity contribution in [3.63, 3.8) is 0 Å². The lowest BCUT2D eigenvalue weighted by molar-refractivity contribution is -0.183. The topological polar surface area (TPSA) is 217 Å². The number of oxime groups is 1. The van der Waals surface area contributed by atoms with Gasteiger partial charge in [-0.15, -0.1) is 0 Å². The maximum absolute atomic E-state index is 16.3. The number of nitriles is 1. The molecule has 4 aromatic rings. The Balaban J connectivity index is 1.36. The molecule has 1 fully saturated rings. The number of aromatic nitrogens is 1. The molecule has 5 rings (SSSR count). The zero-order valence-electron chi connectivity index (χ0n) is 25.6. The van der Waals surface area contributed by atoms with E-state index in [1.54, 1.807) is 24.3 Å². The molecule has 0 spiro atoms. The molecule has 50 heavy (non-hydrogen) atoms. The predicted octanol–water partition coefficient (Wildman–Crippen LogP) is 3.32. The zero-order chi connectivity index (χ0) is 35.8. The summed E-state index contributed by atoms with van der Waals surface area (Å²) in [6.45, 7) is 0.946. The number of esters is 3. The van der Waals surface area contributed by atoms with Gasteiger partial charge in [-0.3, -0.25) is 14.9 Å². The average Bonchev–Trinajstić information content (AvgIpc) is 3.64. The standard InChI is InChI=1S/C33H22FN5O11/c1-2-46-31(44)33(34)29(50-36-18-23-12-7-15-47-23)38-32(45)39(30(33)43)26(40)20-10-6-11-21(16-20)28(42)49-25-22(17-35)13-14-24(37-25)48-27(41)19-8-4-3-5-9-19/h3-16,18,29H,2H2,1H3,(H,38,45). The summed E-state index contributed by atoms with van der Waals surface area (Å²) in [7, 11) is 0. The molecule has 1 N–H and O–H groups in total. The van der Waals surface area contributed by atoms with E-state index < -0.39 is 59.1 Å². The first-order chi connectivity index (χ1) is 24.1.